The molecule has 0 unspecified atom stereocenters. The Morgan fingerprint density at radius 3 is 2.45 bits per heavy atom. The maximum Gasteiger partial charge on any atom is 0.164 e. The highest BCUT2D eigenvalue weighted by molar-refractivity contribution is 5.84. The minimum atomic E-state index is -1.14. The molecule has 0 saturated carbocycles. The Kier molecular flexibility index (Phi) is 9.50. The summed E-state index contributed by atoms with van der Waals surface area (Å²) in [5.41, 5.74) is -1.11. The van der Waals surface area contributed by atoms with Crippen LogP contribution >= 0.6 is 0 Å². The first-order chi connectivity index (χ1) is 14.4. The van der Waals surface area contributed by atoms with Crippen molar-refractivity contribution in [2.45, 2.75) is 115 Å². The molecule has 31 heavy (non-hydrogen) atoms. The normalized spacial score (nSPS) is 37.9. The van der Waals surface area contributed by atoms with E-state index in [1.165, 1.54) is 0 Å². The molecule has 182 valence electrons. The smallest absolute Gasteiger partial charge is 0.164 e. The molecule has 0 spiro atoms. The zero-order valence-electron chi connectivity index (χ0n) is 20.4. The average Bonchev–Trinajstić information content (AvgIpc) is 2.70. The van der Waals surface area contributed by atoms with Crippen LogP contribution in [0.3, 0.4) is 0 Å². The summed E-state index contributed by atoms with van der Waals surface area (Å²) in [4.78, 5) is 12.8. The molecular formula is C24H44O7. The van der Waals surface area contributed by atoms with Crippen molar-refractivity contribution in [2.24, 2.45) is 11.3 Å². The van der Waals surface area contributed by atoms with Crippen molar-refractivity contribution in [1.82, 2.24) is 0 Å². The van der Waals surface area contributed by atoms with Gasteiger partial charge < -0.3 is 29.2 Å². The van der Waals surface area contributed by atoms with Gasteiger partial charge in [-0.05, 0) is 39.0 Å². The summed E-state index contributed by atoms with van der Waals surface area (Å²) in [6, 6.07) is 0. The van der Waals surface area contributed by atoms with Gasteiger partial charge in [0.1, 0.15) is 6.10 Å². The largest absolute Gasteiger partial charge is 0.391 e. The van der Waals surface area contributed by atoms with Crippen molar-refractivity contribution in [3.63, 3.8) is 0 Å². The lowest BCUT2D eigenvalue weighted by Gasteiger charge is -2.48. The SMILES string of the molecule is COC[C@@H](O)C[C@H]1O[C@H](CCC(=O)[C@@H](O)[C@@]2(C)CC[C@@H](C)[C@@H](C)O2)C[C@@H](OC)C1(C)C. The molecule has 0 aliphatic carbocycles. The van der Waals surface area contributed by atoms with Crippen LogP contribution in [0.4, 0.5) is 0 Å². The predicted octanol–water partition coefficient (Wildman–Crippen LogP) is 2.89. The van der Waals surface area contributed by atoms with Gasteiger partial charge in [0, 0.05) is 38.9 Å². The van der Waals surface area contributed by atoms with Crippen molar-refractivity contribution in [3.8, 4) is 0 Å². The highest BCUT2D eigenvalue weighted by Crippen LogP contribution is 2.41. The van der Waals surface area contributed by atoms with Crippen molar-refractivity contribution < 1.29 is 34.0 Å². The maximum absolute atomic E-state index is 12.8. The Morgan fingerprint density at radius 2 is 1.87 bits per heavy atom. The van der Waals surface area contributed by atoms with E-state index in [0.717, 1.165) is 6.42 Å². The standard InChI is InChI=1S/C24H44O7/c1-15-10-11-24(5,31-16(15)2)22(27)19(26)9-8-18-13-20(29-7)23(3,4)21(30-18)12-17(25)14-28-6/h15-18,20-22,25,27H,8-14H2,1-7H3/t15-,16-,17+,18-,20-,21-,22-,24-/m1/s1. The third-order valence-electron chi connectivity index (χ3n) is 7.57. The van der Waals surface area contributed by atoms with E-state index in [1.807, 2.05) is 13.8 Å². The highest BCUT2D eigenvalue weighted by Gasteiger charge is 2.47. The molecule has 2 heterocycles. The number of ether oxygens (including phenoxy) is 4. The Bertz CT molecular complexity index is 580. The number of aliphatic hydroxyl groups is 2. The van der Waals surface area contributed by atoms with Crippen molar-refractivity contribution in [2.75, 3.05) is 20.8 Å². The van der Waals surface area contributed by atoms with Gasteiger partial charge in [0.2, 0.25) is 0 Å². The Hall–Kier alpha value is -0.570. The third-order valence-corrected chi connectivity index (χ3v) is 7.57. The van der Waals surface area contributed by atoms with Gasteiger partial charge in [0.05, 0.1) is 42.7 Å². The number of methoxy groups -OCH3 is 2. The molecule has 0 bridgehead atoms. The number of hydrogen-bond acceptors (Lipinski definition) is 7. The van der Waals surface area contributed by atoms with Gasteiger partial charge in [-0.25, -0.2) is 0 Å². The highest BCUT2D eigenvalue weighted by atomic mass is 16.5. The van der Waals surface area contributed by atoms with Crippen LogP contribution in [0.1, 0.15) is 73.1 Å². The molecule has 2 N–H and O–H groups in total. The van der Waals surface area contributed by atoms with Crippen LogP contribution < -0.4 is 0 Å². The van der Waals surface area contributed by atoms with E-state index in [4.69, 9.17) is 18.9 Å². The molecule has 0 aromatic carbocycles. The zero-order valence-corrected chi connectivity index (χ0v) is 20.4. The van der Waals surface area contributed by atoms with E-state index >= 15 is 0 Å². The second kappa shape index (κ2) is 11.0. The van der Waals surface area contributed by atoms with Gasteiger partial charge in [-0.2, -0.15) is 0 Å². The summed E-state index contributed by atoms with van der Waals surface area (Å²) in [7, 11) is 3.25. The number of carbonyl (C=O) groups is 1. The van der Waals surface area contributed by atoms with Gasteiger partial charge in [-0.3, -0.25) is 4.79 Å². The van der Waals surface area contributed by atoms with Gasteiger partial charge >= 0.3 is 0 Å². The number of carbonyl (C=O) groups excluding carboxylic acids is 1. The first-order valence-electron chi connectivity index (χ1n) is 11.7. The van der Waals surface area contributed by atoms with Crippen molar-refractivity contribution in [3.05, 3.63) is 0 Å². The number of hydrogen-bond donors (Lipinski definition) is 2. The van der Waals surface area contributed by atoms with Crippen molar-refractivity contribution in [1.29, 1.82) is 0 Å². The van der Waals surface area contributed by atoms with Crippen LogP contribution in [0.15, 0.2) is 0 Å². The second-order valence-corrected chi connectivity index (χ2v) is 10.4. The molecule has 0 aromatic heterocycles. The van der Waals surface area contributed by atoms with Gasteiger partial charge in [-0.1, -0.05) is 20.8 Å². The van der Waals surface area contributed by atoms with E-state index in [2.05, 4.69) is 20.8 Å². The lowest BCUT2D eigenvalue weighted by atomic mass is 9.73. The molecular weight excluding hydrogens is 400 g/mol. The molecule has 2 saturated heterocycles. The van der Waals surface area contributed by atoms with Gasteiger partial charge in [0.25, 0.3) is 0 Å². The summed E-state index contributed by atoms with van der Waals surface area (Å²) in [5, 5.41) is 21.0. The summed E-state index contributed by atoms with van der Waals surface area (Å²) in [6.07, 6.45) is 1.26. The topological polar surface area (TPSA) is 94.5 Å². The molecule has 2 rings (SSSR count). The van der Waals surface area contributed by atoms with E-state index in [1.54, 1.807) is 14.2 Å². The molecule has 8 atom stereocenters. The first-order valence-corrected chi connectivity index (χ1v) is 11.7. The molecule has 2 fully saturated rings. The molecule has 2 aliphatic rings. The second-order valence-electron chi connectivity index (χ2n) is 10.4. The van der Waals surface area contributed by atoms with E-state index in [9.17, 15) is 15.0 Å². The molecule has 7 nitrogen and oxygen atoms in total. The summed E-state index contributed by atoms with van der Waals surface area (Å²) in [6.45, 7) is 10.4. The molecule has 0 radical (unpaired) electrons. The van der Waals surface area contributed by atoms with Crippen LogP contribution in [-0.2, 0) is 23.7 Å². The lowest BCUT2D eigenvalue weighted by molar-refractivity contribution is -0.197. The molecule has 7 heteroatoms. The van der Waals surface area contributed by atoms with Crippen LogP contribution in [0, 0.1) is 11.3 Å². The molecule has 2 aliphatic heterocycles. The van der Waals surface area contributed by atoms with Crippen LogP contribution in [-0.4, -0.2) is 79.0 Å². The fourth-order valence-electron chi connectivity index (χ4n) is 5.00. The lowest BCUT2D eigenvalue weighted by Crippen LogP contribution is -2.53. The van der Waals surface area contributed by atoms with Gasteiger partial charge in [-0.15, -0.1) is 0 Å². The monoisotopic (exact) mass is 444 g/mol. The minimum absolute atomic E-state index is 0.0202. The summed E-state index contributed by atoms with van der Waals surface area (Å²) < 4.78 is 23.2. The number of aliphatic hydroxyl groups excluding tert-OH is 2. The Balaban J connectivity index is 1.97. The van der Waals surface area contributed by atoms with Crippen LogP contribution in [0.25, 0.3) is 0 Å². The fraction of sp³-hybridized carbons (Fsp3) is 0.958. The average molecular weight is 445 g/mol. The van der Waals surface area contributed by atoms with Gasteiger partial charge in [0.15, 0.2) is 5.78 Å². The van der Waals surface area contributed by atoms with E-state index in [0.29, 0.717) is 31.6 Å². The zero-order chi connectivity index (χ0) is 23.4. The third kappa shape index (κ3) is 6.49. The quantitative estimate of drug-likeness (QED) is 0.535. The first kappa shape index (κ1) is 26.7. The van der Waals surface area contributed by atoms with E-state index in [-0.39, 0.29) is 48.6 Å². The maximum atomic E-state index is 12.8. The predicted molar refractivity (Wildman–Crippen MR) is 118 cm³/mol. The number of Topliss-reactive ketones (excluding diaryl/α,β-unsaturated/α-hetero) is 1. The summed E-state index contributed by atoms with van der Waals surface area (Å²) in [5.74, 6) is 0.216. The van der Waals surface area contributed by atoms with Crippen molar-refractivity contribution >= 4 is 5.78 Å². The Labute approximate surface area is 187 Å². The summed E-state index contributed by atoms with van der Waals surface area (Å²) >= 11 is 0. The Morgan fingerprint density at radius 1 is 1.19 bits per heavy atom. The molecule has 0 aromatic rings. The van der Waals surface area contributed by atoms with E-state index < -0.39 is 17.8 Å². The van der Waals surface area contributed by atoms with Crippen LogP contribution in [0.5, 0.6) is 0 Å². The molecule has 0 amide bonds. The number of ketones is 1. The van der Waals surface area contributed by atoms with Crippen LogP contribution in [0.2, 0.25) is 0 Å². The fourth-order valence-corrected chi connectivity index (χ4v) is 5.00. The number of rotatable bonds is 10. The minimum Gasteiger partial charge on any atom is -0.391 e.